The second-order valence-corrected chi connectivity index (χ2v) is 10.1. The summed E-state index contributed by atoms with van der Waals surface area (Å²) in [4.78, 5) is 18.9. The van der Waals surface area contributed by atoms with Crippen LogP contribution in [0.15, 0.2) is 30.3 Å². The summed E-state index contributed by atoms with van der Waals surface area (Å²) >= 11 is 0. The molecule has 1 spiro atoms. The van der Waals surface area contributed by atoms with Crippen LogP contribution in [0.2, 0.25) is 0 Å². The molecule has 0 aliphatic carbocycles. The number of methoxy groups -OCH3 is 1. The van der Waals surface area contributed by atoms with E-state index < -0.39 is 11.2 Å². The summed E-state index contributed by atoms with van der Waals surface area (Å²) in [5, 5.41) is 2.21. The number of rotatable bonds is 6. The van der Waals surface area contributed by atoms with Crippen molar-refractivity contribution >= 4 is 5.97 Å². The average Bonchev–Trinajstić information content (AvgIpc) is 2.77. The first-order valence-electron chi connectivity index (χ1n) is 11.4. The predicted molar refractivity (Wildman–Crippen MR) is 119 cm³/mol. The van der Waals surface area contributed by atoms with Crippen LogP contribution >= 0.6 is 0 Å². The Morgan fingerprint density at radius 3 is 2.16 bits per heavy atom. The summed E-state index contributed by atoms with van der Waals surface area (Å²) < 4.78 is 17.7. The van der Waals surface area contributed by atoms with E-state index in [4.69, 9.17) is 19.0 Å². The summed E-state index contributed by atoms with van der Waals surface area (Å²) in [7, 11) is 1.41. The van der Waals surface area contributed by atoms with Crippen molar-refractivity contribution in [2.75, 3.05) is 20.3 Å². The van der Waals surface area contributed by atoms with Crippen LogP contribution in [0.25, 0.3) is 0 Å². The van der Waals surface area contributed by atoms with E-state index in [1.165, 1.54) is 7.11 Å². The van der Waals surface area contributed by atoms with Crippen molar-refractivity contribution in [1.82, 2.24) is 5.06 Å². The molecule has 2 aliphatic heterocycles. The second-order valence-electron chi connectivity index (χ2n) is 10.1. The Kier molecular flexibility index (Phi) is 6.87. The molecule has 0 aromatic heterocycles. The van der Waals surface area contributed by atoms with Gasteiger partial charge in [0.2, 0.25) is 0 Å². The smallest absolute Gasteiger partial charge is 0.316 e. The van der Waals surface area contributed by atoms with Crippen LogP contribution in [0.1, 0.15) is 78.9 Å². The molecule has 0 amide bonds. The van der Waals surface area contributed by atoms with Crippen LogP contribution in [0.4, 0.5) is 0 Å². The zero-order chi connectivity index (χ0) is 22.9. The topological polar surface area (TPSA) is 57.2 Å². The number of nitrogens with zero attached hydrogens (tertiary/aromatic N) is 1. The monoisotopic (exact) mass is 433 g/mol. The fourth-order valence-electron chi connectivity index (χ4n) is 5.23. The Bertz CT molecular complexity index is 750. The number of hydrogen-bond acceptors (Lipinski definition) is 6. The fraction of sp³-hybridized carbons (Fsp3) is 0.720. The van der Waals surface area contributed by atoms with E-state index >= 15 is 0 Å². The van der Waals surface area contributed by atoms with Gasteiger partial charge in [-0.1, -0.05) is 44.2 Å². The van der Waals surface area contributed by atoms with Crippen molar-refractivity contribution < 1.29 is 23.8 Å². The van der Waals surface area contributed by atoms with Gasteiger partial charge in [-0.2, -0.15) is 5.06 Å². The molecule has 1 atom stereocenters. The van der Waals surface area contributed by atoms with Crippen LogP contribution < -0.4 is 0 Å². The third kappa shape index (κ3) is 4.54. The summed E-state index contributed by atoms with van der Waals surface area (Å²) in [5.41, 5.74) is -0.199. The van der Waals surface area contributed by atoms with Gasteiger partial charge in [0, 0.05) is 18.4 Å². The lowest BCUT2D eigenvalue weighted by Gasteiger charge is -2.61. The molecule has 2 saturated heterocycles. The SMILES string of the molecule is CCC1(CC)CC2(CC(C)(C)N1OC(C)c1ccccc1)OCC(C)(C(=O)OC)CO2. The molecule has 1 unspecified atom stereocenters. The van der Waals surface area contributed by atoms with Gasteiger partial charge < -0.3 is 14.2 Å². The Morgan fingerprint density at radius 1 is 1.06 bits per heavy atom. The maximum Gasteiger partial charge on any atom is 0.316 e. The van der Waals surface area contributed by atoms with Crippen LogP contribution in [0, 0.1) is 5.41 Å². The lowest BCUT2D eigenvalue weighted by molar-refractivity contribution is -0.392. The number of ether oxygens (including phenoxy) is 3. The quantitative estimate of drug-likeness (QED) is 0.586. The van der Waals surface area contributed by atoms with Crippen molar-refractivity contribution in [3.8, 4) is 0 Å². The molecular formula is C25H39NO5. The number of hydroxylamine groups is 2. The molecular weight excluding hydrogens is 394 g/mol. The molecule has 2 heterocycles. The molecule has 174 valence electrons. The largest absolute Gasteiger partial charge is 0.468 e. The van der Waals surface area contributed by atoms with E-state index in [1.54, 1.807) is 0 Å². The number of benzene rings is 1. The lowest BCUT2D eigenvalue weighted by Crippen LogP contribution is -2.70. The third-order valence-electron chi connectivity index (χ3n) is 7.12. The molecule has 6 heteroatoms. The minimum atomic E-state index is -0.777. The van der Waals surface area contributed by atoms with Crippen molar-refractivity contribution in [3.05, 3.63) is 35.9 Å². The number of hydrogen-bond donors (Lipinski definition) is 0. The standard InChI is InChI=1S/C25H39NO5/c1-8-24(9-2)16-25(29-17-23(6,18-30-25)21(27)28-7)15-22(4,5)26(24)31-19(3)20-13-11-10-12-14-20/h10-14,19H,8-9,15-18H2,1-7H3. The first kappa shape index (κ1) is 24.2. The van der Waals surface area contributed by atoms with Crippen molar-refractivity contribution in [2.45, 2.75) is 90.2 Å². The molecule has 0 saturated carbocycles. The fourth-order valence-corrected chi connectivity index (χ4v) is 5.23. The van der Waals surface area contributed by atoms with E-state index in [-0.39, 0.29) is 23.2 Å². The number of carbonyl (C=O) groups excluding carboxylic acids is 1. The van der Waals surface area contributed by atoms with E-state index in [0.29, 0.717) is 26.1 Å². The van der Waals surface area contributed by atoms with Crippen molar-refractivity contribution in [1.29, 1.82) is 0 Å². The lowest BCUT2D eigenvalue weighted by atomic mass is 9.72. The molecule has 0 radical (unpaired) electrons. The molecule has 1 aromatic rings. The highest BCUT2D eigenvalue weighted by molar-refractivity contribution is 5.76. The van der Waals surface area contributed by atoms with Gasteiger partial charge in [-0.05, 0) is 46.1 Å². The van der Waals surface area contributed by atoms with Gasteiger partial charge >= 0.3 is 5.97 Å². The van der Waals surface area contributed by atoms with Crippen molar-refractivity contribution in [3.63, 3.8) is 0 Å². The molecule has 0 N–H and O–H groups in total. The highest BCUT2D eigenvalue weighted by atomic mass is 16.7. The van der Waals surface area contributed by atoms with Gasteiger partial charge in [-0.25, -0.2) is 0 Å². The molecule has 2 aliphatic rings. The summed E-state index contributed by atoms with van der Waals surface area (Å²) in [6, 6.07) is 10.3. The van der Waals surface area contributed by atoms with Crippen LogP contribution in [0.5, 0.6) is 0 Å². The maximum atomic E-state index is 12.2. The highest BCUT2D eigenvalue weighted by Gasteiger charge is 2.60. The van der Waals surface area contributed by atoms with E-state index in [0.717, 1.165) is 18.4 Å². The Labute approximate surface area is 187 Å². The second kappa shape index (κ2) is 8.81. The molecule has 1 aromatic carbocycles. The zero-order valence-corrected chi connectivity index (χ0v) is 20.2. The van der Waals surface area contributed by atoms with Crippen LogP contribution in [-0.2, 0) is 23.8 Å². The zero-order valence-electron chi connectivity index (χ0n) is 20.2. The summed E-state index contributed by atoms with van der Waals surface area (Å²) in [5.74, 6) is -1.03. The first-order valence-corrected chi connectivity index (χ1v) is 11.4. The van der Waals surface area contributed by atoms with Crippen LogP contribution in [-0.4, -0.2) is 48.2 Å². The van der Waals surface area contributed by atoms with Gasteiger partial charge in [0.1, 0.15) is 11.5 Å². The normalized spacial score (nSPS) is 31.3. The van der Waals surface area contributed by atoms with E-state index in [2.05, 4.69) is 51.8 Å². The number of carbonyl (C=O) groups is 1. The Balaban J connectivity index is 1.86. The Morgan fingerprint density at radius 2 is 1.65 bits per heavy atom. The maximum absolute atomic E-state index is 12.2. The predicted octanol–water partition coefficient (Wildman–Crippen LogP) is 5.03. The minimum absolute atomic E-state index is 0.0668. The van der Waals surface area contributed by atoms with E-state index in [9.17, 15) is 4.79 Å². The molecule has 0 bridgehead atoms. The first-order chi connectivity index (χ1) is 14.6. The average molecular weight is 434 g/mol. The van der Waals surface area contributed by atoms with Gasteiger partial charge in [-0.15, -0.1) is 0 Å². The highest BCUT2D eigenvalue weighted by Crippen LogP contribution is 2.52. The number of piperidine rings is 1. The summed E-state index contributed by atoms with van der Waals surface area (Å²) in [6.07, 6.45) is 3.08. The summed E-state index contributed by atoms with van der Waals surface area (Å²) in [6.45, 7) is 13.3. The molecule has 3 rings (SSSR count). The van der Waals surface area contributed by atoms with E-state index in [1.807, 2.05) is 25.1 Å². The minimum Gasteiger partial charge on any atom is -0.468 e. The van der Waals surface area contributed by atoms with Gasteiger partial charge in [-0.3, -0.25) is 9.63 Å². The van der Waals surface area contributed by atoms with Gasteiger partial charge in [0.25, 0.3) is 0 Å². The van der Waals surface area contributed by atoms with Gasteiger partial charge in [0.15, 0.2) is 5.79 Å². The molecule has 2 fully saturated rings. The number of esters is 1. The van der Waals surface area contributed by atoms with Gasteiger partial charge in [0.05, 0.1) is 25.9 Å². The molecule has 6 nitrogen and oxygen atoms in total. The molecule has 31 heavy (non-hydrogen) atoms. The Hall–Kier alpha value is -1.47. The van der Waals surface area contributed by atoms with Crippen molar-refractivity contribution in [2.24, 2.45) is 5.41 Å². The third-order valence-corrected chi connectivity index (χ3v) is 7.12. The van der Waals surface area contributed by atoms with Crippen LogP contribution in [0.3, 0.4) is 0 Å².